The van der Waals surface area contributed by atoms with Crippen LogP contribution in [0.1, 0.15) is 38.5 Å². The molecule has 1 aromatic rings. The maximum absolute atomic E-state index is 11.5. The van der Waals surface area contributed by atoms with E-state index in [0.29, 0.717) is 0 Å². The maximum Gasteiger partial charge on any atom is 0.234 e. The van der Waals surface area contributed by atoms with Crippen LogP contribution in [-0.2, 0) is 4.79 Å². The van der Waals surface area contributed by atoms with Gasteiger partial charge in [0.2, 0.25) is 5.91 Å². The summed E-state index contributed by atoms with van der Waals surface area (Å²) in [6, 6.07) is 6.36. The summed E-state index contributed by atoms with van der Waals surface area (Å²) in [4.78, 5) is 20.6. The second-order valence-electron chi connectivity index (χ2n) is 7.44. The number of carbonyl (C=O) groups is 1. The van der Waals surface area contributed by atoms with Crippen LogP contribution in [0.3, 0.4) is 0 Å². The van der Waals surface area contributed by atoms with Gasteiger partial charge in [-0.25, -0.2) is 0 Å². The molecule has 0 radical (unpaired) electrons. The molecule has 0 bridgehead atoms. The Morgan fingerprint density at radius 1 is 1.15 bits per heavy atom. The first-order chi connectivity index (χ1) is 12.7. The maximum atomic E-state index is 11.5. The second-order valence-corrected chi connectivity index (χ2v) is 7.44. The average molecular weight is 355 g/mol. The minimum Gasteiger partial charge on any atom is -0.369 e. The first kappa shape index (κ1) is 18.7. The van der Waals surface area contributed by atoms with E-state index in [9.17, 15) is 4.79 Å². The average Bonchev–Trinajstić information content (AvgIpc) is 2.69. The first-order valence-corrected chi connectivity index (χ1v) is 9.78. The van der Waals surface area contributed by atoms with Crippen LogP contribution in [0.4, 0.5) is 5.69 Å². The highest BCUT2D eigenvalue weighted by Crippen LogP contribution is 2.27. The van der Waals surface area contributed by atoms with Crippen molar-refractivity contribution in [3.05, 3.63) is 24.5 Å². The number of nitriles is 1. The molecule has 2 aliphatic rings. The molecule has 1 amide bonds. The van der Waals surface area contributed by atoms with Crippen LogP contribution in [-0.4, -0.2) is 54.6 Å². The van der Waals surface area contributed by atoms with Gasteiger partial charge >= 0.3 is 0 Å². The zero-order valence-corrected chi connectivity index (χ0v) is 15.4. The molecule has 6 nitrogen and oxygen atoms in total. The van der Waals surface area contributed by atoms with E-state index >= 15 is 0 Å². The number of hydrogen-bond acceptors (Lipinski definition) is 5. The van der Waals surface area contributed by atoms with Crippen molar-refractivity contribution >= 4 is 11.6 Å². The number of amides is 1. The summed E-state index contributed by atoms with van der Waals surface area (Å²) >= 11 is 0. The van der Waals surface area contributed by atoms with Crippen molar-refractivity contribution in [3.8, 4) is 6.07 Å². The van der Waals surface area contributed by atoms with Gasteiger partial charge in [0.05, 0.1) is 6.07 Å². The Labute approximate surface area is 156 Å². The third kappa shape index (κ3) is 5.43. The lowest BCUT2D eigenvalue weighted by Gasteiger charge is -2.37. The van der Waals surface area contributed by atoms with Crippen LogP contribution in [0.15, 0.2) is 24.5 Å². The Hall–Kier alpha value is -2.13. The quantitative estimate of drug-likeness (QED) is 0.847. The van der Waals surface area contributed by atoms with Crippen LogP contribution in [0.5, 0.6) is 0 Å². The van der Waals surface area contributed by atoms with Crippen molar-refractivity contribution < 1.29 is 4.79 Å². The fourth-order valence-corrected chi connectivity index (χ4v) is 4.10. The molecule has 2 fully saturated rings. The van der Waals surface area contributed by atoms with E-state index in [1.807, 2.05) is 18.5 Å². The fraction of sp³-hybridized carbons (Fsp3) is 0.650. The van der Waals surface area contributed by atoms with Gasteiger partial charge in [0, 0.05) is 50.3 Å². The lowest BCUT2D eigenvalue weighted by atomic mass is 9.84. The van der Waals surface area contributed by atoms with Gasteiger partial charge in [0.1, 0.15) is 6.42 Å². The van der Waals surface area contributed by atoms with Crippen molar-refractivity contribution in [1.29, 1.82) is 5.26 Å². The van der Waals surface area contributed by atoms with Crippen molar-refractivity contribution in [2.24, 2.45) is 5.92 Å². The molecule has 1 aliphatic carbocycles. The van der Waals surface area contributed by atoms with Crippen LogP contribution in [0, 0.1) is 17.2 Å². The van der Waals surface area contributed by atoms with Crippen LogP contribution < -0.4 is 10.2 Å². The Morgan fingerprint density at radius 2 is 1.85 bits per heavy atom. The van der Waals surface area contributed by atoms with Gasteiger partial charge in [-0.3, -0.25) is 14.7 Å². The molecule has 0 spiro atoms. The molecule has 1 saturated carbocycles. The largest absolute Gasteiger partial charge is 0.369 e. The number of aromatic nitrogens is 1. The Morgan fingerprint density at radius 3 is 2.50 bits per heavy atom. The van der Waals surface area contributed by atoms with E-state index in [0.717, 1.165) is 44.9 Å². The van der Waals surface area contributed by atoms with Crippen molar-refractivity contribution in [2.45, 2.75) is 44.6 Å². The smallest absolute Gasteiger partial charge is 0.234 e. The number of piperazine rings is 1. The zero-order chi connectivity index (χ0) is 18.2. The fourth-order valence-electron chi connectivity index (χ4n) is 4.10. The van der Waals surface area contributed by atoms with Crippen molar-refractivity contribution in [1.82, 2.24) is 15.2 Å². The highest BCUT2D eigenvalue weighted by Gasteiger charge is 2.23. The van der Waals surface area contributed by atoms with Crippen LogP contribution in [0.25, 0.3) is 0 Å². The molecule has 1 aromatic heterocycles. The molecule has 0 atom stereocenters. The van der Waals surface area contributed by atoms with E-state index < -0.39 is 0 Å². The van der Waals surface area contributed by atoms with Gasteiger partial charge in [0.15, 0.2) is 0 Å². The van der Waals surface area contributed by atoms with Crippen LogP contribution >= 0.6 is 0 Å². The Bertz CT molecular complexity index is 598. The van der Waals surface area contributed by atoms with Gasteiger partial charge < -0.3 is 10.2 Å². The monoisotopic (exact) mass is 355 g/mol. The number of nitrogens with zero attached hydrogens (tertiary/aromatic N) is 4. The number of carbonyl (C=O) groups excluding carboxylic acids is 1. The predicted octanol–water partition coefficient (Wildman–Crippen LogP) is 2.18. The topological polar surface area (TPSA) is 72.3 Å². The molecule has 140 valence electrons. The normalized spacial score (nSPS) is 24.0. The summed E-state index contributed by atoms with van der Waals surface area (Å²) in [5.41, 5.74) is 1.27. The third-order valence-corrected chi connectivity index (χ3v) is 5.71. The Balaban J connectivity index is 1.31. The summed E-state index contributed by atoms with van der Waals surface area (Å²) in [7, 11) is 0. The lowest BCUT2D eigenvalue weighted by molar-refractivity contribution is -0.121. The van der Waals surface area contributed by atoms with Crippen molar-refractivity contribution in [2.75, 3.05) is 37.6 Å². The SMILES string of the molecule is N#CCC(=O)NC1CCC(CCN2CCN(c3ccncc3)CC2)CC1. The number of nitrogens with one attached hydrogen (secondary N) is 1. The molecule has 1 aliphatic heterocycles. The summed E-state index contributed by atoms with van der Waals surface area (Å²) in [5.74, 6) is 0.653. The molecule has 26 heavy (non-hydrogen) atoms. The Kier molecular flexibility index (Phi) is 6.84. The number of rotatable bonds is 6. The molecular formula is C20H29N5O. The lowest BCUT2D eigenvalue weighted by Crippen LogP contribution is -2.47. The van der Waals surface area contributed by atoms with E-state index in [4.69, 9.17) is 5.26 Å². The third-order valence-electron chi connectivity index (χ3n) is 5.71. The van der Waals surface area contributed by atoms with Gasteiger partial charge in [-0.05, 0) is 56.7 Å². The minimum atomic E-state index is -0.122. The molecule has 0 aromatic carbocycles. The van der Waals surface area contributed by atoms with Gasteiger partial charge in [0.25, 0.3) is 0 Å². The number of anilines is 1. The van der Waals surface area contributed by atoms with E-state index in [1.165, 1.54) is 31.5 Å². The summed E-state index contributed by atoms with van der Waals surface area (Å²) < 4.78 is 0. The summed E-state index contributed by atoms with van der Waals surface area (Å²) in [6.45, 7) is 5.60. The standard InChI is InChI=1S/C20H29N5O/c21-9-5-20(26)23-18-3-1-17(2-4-18)8-12-24-13-15-25(16-14-24)19-6-10-22-11-7-19/h6-7,10-11,17-18H,1-5,8,12-16H2,(H,23,26). The summed E-state index contributed by atoms with van der Waals surface area (Å²) in [6.07, 6.45) is 9.44. The van der Waals surface area contributed by atoms with Crippen LogP contribution in [0.2, 0.25) is 0 Å². The van der Waals surface area contributed by atoms with E-state index in [-0.39, 0.29) is 18.4 Å². The van der Waals surface area contributed by atoms with Gasteiger partial charge in [-0.2, -0.15) is 5.26 Å². The molecule has 1 saturated heterocycles. The van der Waals surface area contributed by atoms with Crippen molar-refractivity contribution in [3.63, 3.8) is 0 Å². The van der Waals surface area contributed by atoms with E-state index in [1.54, 1.807) is 0 Å². The molecule has 2 heterocycles. The molecule has 3 rings (SSSR count). The highest BCUT2D eigenvalue weighted by molar-refractivity contribution is 5.78. The molecule has 0 unspecified atom stereocenters. The number of pyridine rings is 1. The zero-order valence-electron chi connectivity index (χ0n) is 15.4. The molecule has 1 N–H and O–H groups in total. The minimum absolute atomic E-state index is 0.0224. The second kappa shape index (κ2) is 9.54. The first-order valence-electron chi connectivity index (χ1n) is 9.78. The highest BCUT2D eigenvalue weighted by atomic mass is 16.1. The van der Waals surface area contributed by atoms with Gasteiger partial charge in [-0.15, -0.1) is 0 Å². The molecule has 6 heteroatoms. The predicted molar refractivity (Wildman–Crippen MR) is 102 cm³/mol. The summed E-state index contributed by atoms with van der Waals surface area (Å²) in [5, 5.41) is 11.5. The number of hydrogen-bond donors (Lipinski definition) is 1. The molecular weight excluding hydrogens is 326 g/mol. The van der Waals surface area contributed by atoms with E-state index in [2.05, 4.69) is 32.2 Å². The van der Waals surface area contributed by atoms with Gasteiger partial charge in [-0.1, -0.05) is 0 Å².